The first-order chi connectivity index (χ1) is 12.8. The highest BCUT2D eigenvalue weighted by Gasteiger charge is 2.31. The molecule has 1 aromatic carbocycles. The Morgan fingerprint density at radius 1 is 1.11 bits per heavy atom. The number of amides is 1. The minimum Gasteiger partial charge on any atom is -0.484 e. The minimum absolute atomic E-state index is 0.0485. The summed E-state index contributed by atoms with van der Waals surface area (Å²) in [5, 5.41) is 0. The third-order valence-electron chi connectivity index (χ3n) is 4.57. The number of ether oxygens (including phenoxy) is 1. The highest BCUT2D eigenvalue weighted by atomic mass is 79.9. The van der Waals surface area contributed by atoms with Crippen molar-refractivity contribution in [1.29, 1.82) is 0 Å². The maximum absolute atomic E-state index is 12.6. The molecule has 1 aliphatic heterocycles. The number of hydrogen-bond donors (Lipinski definition) is 0. The molecule has 146 valence electrons. The topological polar surface area (TPSA) is 66.9 Å². The van der Waals surface area contributed by atoms with Crippen LogP contribution in [0.5, 0.6) is 5.75 Å². The van der Waals surface area contributed by atoms with E-state index in [0.717, 1.165) is 9.35 Å². The first kappa shape index (κ1) is 20.3. The summed E-state index contributed by atoms with van der Waals surface area (Å²) < 4.78 is 33.4. The van der Waals surface area contributed by atoms with Crippen LogP contribution in [0, 0.1) is 13.8 Å². The van der Waals surface area contributed by atoms with E-state index in [2.05, 4.69) is 15.9 Å². The number of thiophene rings is 1. The fourth-order valence-corrected chi connectivity index (χ4v) is 6.37. The third kappa shape index (κ3) is 4.71. The third-order valence-corrected chi connectivity index (χ3v) is 8.56. The van der Waals surface area contributed by atoms with Gasteiger partial charge in [-0.15, -0.1) is 11.3 Å². The van der Waals surface area contributed by atoms with Crippen molar-refractivity contribution in [2.45, 2.75) is 18.1 Å². The van der Waals surface area contributed by atoms with Crippen molar-refractivity contribution in [1.82, 2.24) is 9.21 Å². The molecule has 6 nitrogen and oxygen atoms in total. The highest BCUT2D eigenvalue weighted by molar-refractivity contribution is 9.11. The smallest absolute Gasteiger partial charge is 0.260 e. The summed E-state index contributed by atoms with van der Waals surface area (Å²) in [5.41, 5.74) is 2.28. The Morgan fingerprint density at radius 2 is 1.81 bits per heavy atom. The van der Waals surface area contributed by atoms with Gasteiger partial charge in [-0.1, -0.05) is 6.07 Å². The molecule has 0 radical (unpaired) electrons. The zero-order chi connectivity index (χ0) is 19.6. The lowest BCUT2D eigenvalue weighted by Crippen LogP contribution is -2.51. The van der Waals surface area contributed by atoms with Crippen LogP contribution < -0.4 is 4.74 Å². The number of hydrogen-bond acceptors (Lipinski definition) is 5. The maximum Gasteiger partial charge on any atom is 0.260 e. The van der Waals surface area contributed by atoms with Crippen LogP contribution >= 0.6 is 27.3 Å². The molecule has 1 aliphatic rings. The molecule has 0 saturated carbocycles. The van der Waals surface area contributed by atoms with Crippen molar-refractivity contribution in [3.8, 4) is 5.75 Å². The van der Waals surface area contributed by atoms with Gasteiger partial charge in [-0.25, -0.2) is 8.42 Å². The number of nitrogens with zero attached hydrogens (tertiary/aromatic N) is 2. The lowest BCUT2D eigenvalue weighted by atomic mass is 10.1. The summed E-state index contributed by atoms with van der Waals surface area (Å²) in [6.45, 7) is 5.26. The van der Waals surface area contributed by atoms with Crippen LogP contribution in [0.3, 0.4) is 0 Å². The summed E-state index contributed by atoms with van der Waals surface area (Å²) in [5.74, 6) is 0.528. The zero-order valence-electron chi connectivity index (χ0n) is 15.1. The van der Waals surface area contributed by atoms with Crippen molar-refractivity contribution < 1.29 is 17.9 Å². The van der Waals surface area contributed by atoms with Crippen molar-refractivity contribution in [2.75, 3.05) is 32.8 Å². The molecular weight excluding hydrogens is 452 g/mol. The normalized spacial score (nSPS) is 15.7. The Balaban J connectivity index is 1.54. The number of aryl methyl sites for hydroxylation is 2. The van der Waals surface area contributed by atoms with E-state index in [0.29, 0.717) is 23.0 Å². The SMILES string of the molecule is Cc1ccc(OCC(=O)N2CCN(S(=O)(=O)c3ccc(Br)s3)CC2)cc1C. The van der Waals surface area contributed by atoms with Crippen LogP contribution in [0.2, 0.25) is 0 Å². The fraction of sp³-hybridized carbons (Fsp3) is 0.389. The Morgan fingerprint density at radius 3 is 2.41 bits per heavy atom. The first-order valence-corrected chi connectivity index (χ1v) is 11.6. The van der Waals surface area contributed by atoms with Gasteiger partial charge in [0.05, 0.1) is 3.79 Å². The van der Waals surface area contributed by atoms with Crippen molar-refractivity contribution >= 4 is 43.2 Å². The quantitative estimate of drug-likeness (QED) is 0.670. The van der Waals surface area contributed by atoms with E-state index < -0.39 is 10.0 Å². The van der Waals surface area contributed by atoms with Gasteiger partial charge in [0, 0.05) is 26.2 Å². The van der Waals surface area contributed by atoms with Gasteiger partial charge in [-0.3, -0.25) is 4.79 Å². The number of rotatable bonds is 5. The van der Waals surface area contributed by atoms with Gasteiger partial charge in [-0.05, 0) is 65.2 Å². The first-order valence-electron chi connectivity index (χ1n) is 8.50. The summed E-state index contributed by atoms with van der Waals surface area (Å²) in [4.78, 5) is 14.0. The second-order valence-electron chi connectivity index (χ2n) is 6.38. The van der Waals surface area contributed by atoms with E-state index in [9.17, 15) is 13.2 Å². The van der Waals surface area contributed by atoms with Gasteiger partial charge in [-0.2, -0.15) is 4.31 Å². The van der Waals surface area contributed by atoms with Gasteiger partial charge in [0.15, 0.2) is 6.61 Å². The van der Waals surface area contributed by atoms with Gasteiger partial charge >= 0.3 is 0 Å². The van der Waals surface area contributed by atoms with E-state index in [1.807, 2.05) is 32.0 Å². The predicted octanol–water partition coefficient (Wildman–Crippen LogP) is 3.04. The molecule has 27 heavy (non-hydrogen) atoms. The van der Waals surface area contributed by atoms with Crippen LogP contribution in [0.4, 0.5) is 0 Å². The van der Waals surface area contributed by atoms with Crippen LogP contribution in [0.25, 0.3) is 0 Å². The average Bonchev–Trinajstić information content (AvgIpc) is 3.10. The van der Waals surface area contributed by atoms with Crippen LogP contribution in [-0.2, 0) is 14.8 Å². The van der Waals surface area contributed by atoms with E-state index in [-0.39, 0.29) is 25.6 Å². The number of carbonyl (C=O) groups excluding carboxylic acids is 1. The Labute approximate surface area is 171 Å². The van der Waals surface area contributed by atoms with E-state index >= 15 is 0 Å². The van der Waals surface area contributed by atoms with Gasteiger partial charge in [0.2, 0.25) is 0 Å². The molecule has 9 heteroatoms. The lowest BCUT2D eigenvalue weighted by molar-refractivity contribution is -0.134. The van der Waals surface area contributed by atoms with Crippen LogP contribution in [0.15, 0.2) is 38.3 Å². The summed E-state index contributed by atoms with van der Waals surface area (Å²) in [7, 11) is -3.50. The number of carbonyl (C=O) groups is 1. The van der Waals surface area contributed by atoms with Gasteiger partial charge in [0.1, 0.15) is 9.96 Å². The second kappa shape index (κ2) is 8.30. The average molecular weight is 473 g/mol. The Bertz CT molecular complexity index is 935. The van der Waals surface area contributed by atoms with Crippen LogP contribution in [0.1, 0.15) is 11.1 Å². The van der Waals surface area contributed by atoms with E-state index in [4.69, 9.17) is 4.74 Å². The molecule has 1 aromatic heterocycles. The monoisotopic (exact) mass is 472 g/mol. The molecule has 0 atom stereocenters. The number of halogens is 1. The standard InChI is InChI=1S/C18H21BrN2O4S2/c1-13-3-4-15(11-14(13)2)25-12-17(22)20-7-9-21(10-8-20)27(23,24)18-6-5-16(19)26-18/h3-6,11H,7-10,12H2,1-2H3. The largest absolute Gasteiger partial charge is 0.484 e. The molecule has 1 amide bonds. The number of sulfonamides is 1. The molecule has 1 fully saturated rings. The van der Waals surface area contributed by atoms with Gasteiger partial charge < -0.3 is 9.64 Å². The minimum atomic E-state index is -3.50. The van der Waals surface area contributed by atoms with E-state index in [1.165, 1.54) is 21.2 Å². The van der Waals surface area contributed by atoms with Crippen molar-refractivity contribution in [3.05, 3.63) is 45.2 Å². The summed E-state index contributed by atoms with van der Waals surface area (Å²) in [6.07, 6.45) is 0. The molecular formula is C18H21BrN2O4S2. The maximum atomic E-state index is 12.6. The second-order valence-corrected chi connectivity index (χ2v) is 11.0. The summed E-state index contributed by atoms with van der Waals surface area (Å²) in [6, 6.07) is 9.04. The predicted molar refractivity (Wildman–Crippen MR) is 109 cm³/mol. The molecule has 0 spiro atoms. The molecule has 0 unspecified atom stereocenters. The molecule has 0 N–H and O–H groups in total. The summed E-state index contributed by atoms with van der Waals surface area (Å²) >= 11 is 4.48. The zero-order valence-corrected chi connectivity index (χ0v) is 18.4. The molecule has 2 heterocycles. The van der Waals surface area contributed by atoms with Crippen molar-refractivity contribution in [2.24, 2.45) is 0 Å². The van der Waals surface area contributed by atoms with Crippen LogP contribution in [-0.4, -0.2) is 56.3 Å². The highest BCUT2D eigenvalue weighted by Crippen LogP contribution is 2.29. The number of benzene rings is 1. The fourth-order valence-electron chi connectivity index (χ4n) is 2.78. The molecule has 1 saturated heterocycles. The lowest BCUT2D eigenvalue weighted by Gasteiger charge is -2.33. The molecule has 2 aromatic rings. The molecule has 0 aliphatic carbocycles. The van der Waals surface area contributed by atoms with Crippen molar-refractivity contribution in [3.63, 3.8) is 0 Å². The Hall–Kier alpha value is -1.42. The Kier molecular flexibility index (Phi) is 6.25. The van der Waals surface area contributed by atoms with Gasteiger partial charge in [0.25, 0.3) is 15.9 Å². The molecule has 3 rings (SSSR count). The molecule has 0 bridgehead atoms. The van der Waals surface area contributed by atoms with E-state index in [1.54, 1.807) is 17.0 Å². The number of piperazine rings is 1.